The van der Waals surface area contributed by atoms with E-state index in [0.29, 0.717) is 0 Å². The van der Waals surface area contributed by atoms with Gasteiger partial charge in [0.15, 0.2) is 0 Å². The molecule has 1 aromatic rings. The van der Waals surface area contributed by atoms with Crippen LogP contribution in [0.15, 0.2) is 24.3 Å². The van der Waals surface area contributed by atoms with Gasteiger partial charge in [-0.1, -0.05) is 25.1 Å². The molecule has 23 heavy (non-hydrogen) atoms. The summed E-state index contributed by atoms with van der Waals surface area (Å²) in [5.41, 5.74) is 7.82. The number of morpholine rings is 1. The number of nitrogens with zero attached hydrogens (tertiary/aromatic N) is 1. The lowest BCUT2D eigenvalue weighted by atomic mass is 10.0. The number of para-hydroxylation sites is 1. The Hall–Kier alpha value is -1.43. The molecule has 1 saturated heterocycles. The number of carbonyl (C=O) groups is 1. The maximum absolute atomic E-state index is 12.3. The molecule has 4 unspecified atom stereocenters. The second-order valence-corrected chi connectivity index (χ2v) is 6.75. The molecule has 2 rings (SSSR count). The van der Waals surface area contributed by atoms with Crippen molar-refractivity contribution in [3.8, 4) is 0 Å². The molecule has 0 spiro atoms. The van der Waals surface area contributed by atoms with E-state index in [4.69, 9.17) is 10.5 Å². The summed E-state index contributed by atoms with van der Waals surface area (Å²) in [6.45, 7) is 10.5. The Morgan fingerprint density at radius 1 is 1.30 bits per heavy atom. The SMILES string of the molecule is CC1CN(Cc2ccccc2NC(=O)C(C)C(C)N)CC(C)O1. The molecular weight excluding hydrogens is 290 g/mol. The monoisotopic (exact) mass is 319 g/mol. The van der Waals surface area contributed by atoms with E-state index in [9.17, 15) is 4.79 Å². The van der Waals surface area contributed by atoms with Crippen LogP contribution in [0.5, 0.6) is 0 Å². The molecular formula is C18H29N3O2. The van der Waals surface area contributed by atoms with Crippen molar-refractivity contribution in [3.63, 3.8) is 0 Å². The molecule has 1 heterocycles. The van der Waals surface area contributed by atoms with E-state index >= 15 is 0 Å². The second-order valence-electron chi connectivity index (χ2n) is 6.75. The second kappa shape index (κ2) is 7.90. The van der Waals surface area contributed by atoms with Gasteiger partial charge in [-0.25, -0.2) is 0 Å². The lowest BCUT2D eigenvalue weighted by Crippen LogP contribution is -2.45. The molecule has 0 saturated carbocycles. The molecule has 3 N–H and O–H groups in total. The Kier molecular flexibility index (Phi) is 6.16. The Morgan fingerprint density at radius 3 is 2.52 bits per heavy atom. The highest BCUT2D eigenvalue weighted by Crippen LogP contribution is 2.21. The van der Waals surface area contributed by atoms with Crippen molar-refractivity contribution in [2.24, 2.45) is 11.7 Å². The van der Waals surface area contributed by atoms with Gasteiger partial charge >= 0.3 is 0 Å². The van der Waals surface area contributed by atoms with Crippen molar-refractivity contribution < 1.29 is 9.53 Å². The first-order valence-electron chi connectivity index (χ1n) is 8.39. The van der Waals surface area contributed by atoms with Crippen molar-refractivity contribution in [1.82, 2.24) is 4.90 Å². The predicted octanol–water partition coefficient (Wildman–Crippen LogP) is 2.22. The smallest absolute Gasteiger partial charge is 0.228 e. The quantitative estimate of drug-likeness (QED) is 0.873. The molecule has 1 aliphatic rings. The van der Waals surface area contributed by atoms with Crippen LogP contribution in [0.3, 0.4) is 0 Å². The largest absolute Gasteiger partial charge is 0.373 e. The third-order valence-electron chi connectivity index (χ3n) is 4.37. The maximum atomic E-state index is 12.3. The van der Waals surface area contributed by atoms with Crippen molar-refractivity contribution in [2.45, 2.75) is 52.5 Å². The summed E-state index contributed by atoms with van der Waals surface area (Å²) in [6.07, 6.45) is 0.470. The van der Waals surface area contributed by atoms with E-state index in [2.05, 4.69) is 30.1 Å². The molecule has 0 bridgehead atoms. The fourth-order valence-electron chi connectivity index (χ4n) is 2.92. The van der Waals surface area contributed by atoms with Crippen LogP contribution in [0.1, 0.15) is 33.3 Å². The molecule has 0 aliphatic carbocycles. The van der Waals surface area contributed by atoms with Gasteiger partial charge in [-0.05, 0) is 32.4 Å². The van der Waals surface area contributed by atoms with Crippen LogP contribution in [-0.2, 0) is 16.1 Å². The number of nitrogens with one attached hydrogen (secondary N) is 1. The number of hydrogen-bond donors (Lipinski definition) is 2. The van der Waals surface area contributed by atoms with E-state index in [1.807, 2.05) is 32.0 Å². The van der Waals surface area contributed by atoms with Crippen LogP contribution in [0.25, 0.3) is 0 Å². The molecule has 1 amide bonds. The molecule has 128 valence electrons. The Labute approximate surface area is 139 Å². The molecule has 1 aliphatic heterocycles. The van der Waals surface area contributed by atoms with Gasteiger partial charge < -0.3 is 15.8 Å². The molecule has 0 radical (unpaired) electrons. The van der Waals surface area contributed by atoms with E-state index in [1.165, 1.54) is 0 Å². The van der Waals surface area contributed by atoms with Gasteiger partial charge in [-0.2, -0.15) is 0 Å². The normalized spacial score (nSPS) is 24.9. The Bertz CT molecular complexity index is 523. The predicted molar refractivity (Wildman–Crippen MR) is 93.2 cm³/mol. The van der Waals surface area contributed by atoms with Gasteiger partial charge in [0.25, 0.3) is 0 Å². The summed E-state index contributed by atoms with van der Waals surface area (Å²) in [5, 5.41) is 3.03. The van der Waals surface area contributed by atoms with Crippen molar-refractivity contribution in [1.29, 1.82) is 0 Å². The van der Waals surface area contributed by atoms with E-state index in [1.54, 1.807) is 0 Å². The number of ether oxygens (including phenoxy) is 1. The molecule has 1 aromatic carbocycles. The van der Waals surface area contributed by atoms with Crippen LogP contribution in [0, 0.1) is 5.92 Å². The van der Waals surface area contributed by atoms with Crippen LogP contribution < -0.4 is 11.1 Å². The first-order valence-corrected chi connectivity index (χ1v) is 8.39. The molecule has 5 heteroatoms. The van der Waals surface area contributed by atoms with Crippen LogP contribution in [-0.4, -0.2) is 42.1 Å². The van der Waals surface area contributed by atoms with Crippen molar-refractivity contribution in [2.75, 3.05) is 18.4 Å². The third-order valence-corrected chi connectivity index (χ3v) is 4.37. The fourth-order valence-corrected chi connectivity index (χ4v) is 2.92. The van der Waals surface area contributed by atoms with Crippen LogP contribution in [0.2, 0.25) is 0 Å². The number of rotatable bonds is 5. The molecule has 5 nitrogen and oxygen atoms in total. The maximum Gasteiger partial charge on any atom is 0.228 e. The first-order chi connectivity index (χ1) is 10.9. The minimum absolute atomic E-state index is 0.0313. The zero-order valence-electron chi connectivity index (χ0n) is 14.6. The summed E-state index contributed by atoms with van der Waals surface area (Å²) < 4.78 is 5.78. The van der Waals surface area contributed by atoms with Gasteiger partial charge in [0.1, 0.15) is 0 Å². The van der Waals surface area contributed by atoms with Crippen LogP contribution >= 0.6 is 0 Å². The van der Waals surface area contributed by atoms with Gasteiger partial charge in [-0.3, -0.25) is 9.69 Å². The number of carbonyl (C=O) groups excluding carboxylic acids is 1. The molecule has 0 aromatic heterocycles. The van der Waals surface area contributed by atoms with E-state index in [0.717, 1.165) is 30.9 Å². The van der Waals surface area contributed by atoms with Crippen molar-refractivity contribution >= 4 is 11.6 Å². The highest BCUT2D eigenvalue weighted by molar-refractivity contribution is 5.93. The van der Waals surface area contributed by atoms with E-state index in [-0.39, 0.29) is 30.1 Å². The Balaban J connectivity index is 2.07. The van der Waals surface area contributed by atoms with Crippen molar-refractivity contribution in [3.05, 3.63) is 29.8 Å². The molecule has 4 atom stereocenters. The van der Waals surface area contributed by atoms with Gasteiger partial charge in [0, 0.05) is 31.4 Å². The lowest BCUT2D eigenvalue weighted by Gasteiger charge is -2.35. The number of hydrogen-bond acceptors (Lipinski definition) is 4. The van der Waals surface area contributed by atoms with E-state index < -0.39 is 0 Å². The average molecular weight is 319 g/mol. The summed E-state index contributed by atoms with van der Waals surface area (Å²) >= 11 is 0. The van der Waals surface area contributed by atoms with Gasteiger partial charge in [0.2, 0.25) is 5.91 Å². The summed E-state index contributed by atoms with van der Waals surface area (Å²) in [7, 11) is 0. The van der Waals surface area contributed by atoms with Gasteiger partial charge in [0.05, 0.1) is 18.1 Å². The highest BCUT2D eigenvalue weighted by Gasteiger charge is 2.23. The summed E-state index contributed by atoms with van der Waals surface area (Å²) in [5.74, 6) is -0.248. The zero-order valence-corrected chi connectivity index (χ0v) is 14.6. The summed E-state index contributed by atoms with van der Waals surface area (Å²) in [6, 6.07) is 7.81. The number of anilines is 1. The highest BCUT2D eigenvalue weighted by atomic mass is 16.5. The topological polar surface area (TPSA) is 67.6 Å². The fraction of sp³-hybridized carbons (Fsp3) is 0.611. The molecule has 1 fully saturated rings. The number of amides is 1. The standard InChI is InChI=1S/C18H29N3O2/c1-12-9-21(10-13(2)23-12)11-16-7-5-6-8-17(16)20-18(22)14(3)15(4)19/h5-8,12-15H,9-11,19H2,1-4H3,(H,20,22). The van der Waals surface area contributed by atoms with Gasteiger partial charge in [-0.15, -0.1) is 0 Å². The first kappa shape index (κ1) is 17.9. The third kappa shape index (κ3) is 5.03. The summed E-state index contributed by atoms with van der Waals surface area (Å²) in [4.78, 5) is 14.7. The zero-order chi connectivity index (χ0) is 17.0. The van der Waals surface area contributed by atoms with Crippen LogP contribution in [0.4, 0.5) is 5.69 Å². The Morgan fingerprint density at radius 2 is 1.91 bits per heavy atom. The minimum atomic E-state index is -0.216. The number of nitrogens with two attached hydrogens (primary N) is 1. The number of benzene rings is 1. The lowest BCUT2D eigenvalue weighted by molar-refractivity contribution is -0.119. The average Bonchev–Trinajstić information content (AvgIpc) is 2.47. The minimum Gasteiger partial charge on any atom is -0.373 e.